The average molecular weight is 415 g/mol. The van der Waals surface area contributed by atoms with Crippen molar-refractivity contribution >= 4 is 5.91 Å². The molecule has 6 heteroatoms. The third-order valence-corrected chi connectivity index (χ3v) is 7.07. The van der Waals surface area contributed by atoms with Crippen molar-refractivity contribution in [2.24, 2.45) is 5.92 Å². The van der Waals surface area contributed by atoms with Crippen molar-refractivity contribution in [2.45, 2.75) is 26.3 Å². The molecular weight excluding hydrogens is 376 g/mol. The van der Waals surface area contributed by atoms with Crippen molar-refractivity contribution in [2.75, 3.05) is 78.7 Å². The molecule has 3 aliphatic rings. The van der Waals surface area contributed by atoms with E-state index in [2.05, 4.69) is 50.8 Å². The van der Waals surface area contributed by atoms with E-state index in [0.29, 0.717) is 12.5 Å². The van der Waals surface area contributed by atoms with E-state index in [1.807, 2.05) is 0 Å². The Balaban J connectivity index is 1.14. The SMILES string of the molecule is Cc1ccccc1CN1CCN(C(=O)CN2CCC(CN3CCOCC3)CC2)CC1. The molecule has 1 aromatic carbocycles. The summed E-state index contributed by atoms with van der Waals surface area (Å²) in [6.07, 6.45) is 2.43. The molecule has 0 spiro atoms. The second-order valence-electron chi connectivity index (χ2n) is 9.22. The highest BCUT2D eigenvalue weighted by molar-refractivity contribution is 5.78. The number of piperidine rings is 1. The van der Waals surface area contributed by atoms with Gasteiger partial charge in [-0.05, 0) is 49.9 Å². The molecule has 30 heavy (non-hydrogen) atoms. The summed E-state index contributed by atoms with van der Waals surface area (Å²) < 4.78 is 5.45. The molecule has 0 aliphatic carbocycles. The molecule has 4 rings (SSSR count). The number of morpholine rings is 1. The Morgan fingerprint density at radius 2 is 1.60 bits per heavy atom. The van der Waals surface area contributed by atoms with Gasteiger partial charge in [0.15, 0.2) is 0 Å². The highest BCUT2D eigenvalue weighted by Gasteiger charge is 2.26. The van der Waals surface area contributed by atoms with Gasteiger partial charge in [-0.1, -0.05) is 24.3 Å². The summed E-state index contributed by atoms with van der Waals surface area (Å²) >= 11 is 0. The van der Waals surface area contributed by atoms with Crippen LogP contribution in [0.1, 0.15) is 24.0 Å². The van der Waals surface area contributed by atoms with Crippen molar-refractivity contribution in [3.8, 4) is 0 Å². The van der Waals surface area contributed by atoms with Gasteiger partial charge in [0.2, 0.25) is 5.91 Å². The van der Waals surface area contributed by atoms with Crippen LogP contribution in [-0.4, -0.2) is 104 Å². The number of likely N-dealkylation sites (tertiary alicyclic amines) is 1. The lowest BCUT2D eigenvalue weighted by atomic mass is 9.96. The minimum absolute atomic E-state index is 0.317. The first-order chi connectivity index (χ1) is 14.7. The topological polar surface area (TPSA) is 39.3 Å². The monoisotopic (exact) mass is 414 g/mol. The van der Waals surface area contributed by atoms with Gasteiger partial charge in [0.1, 0.15) is 0 Å². The van der Waals surface area contributed by atoms with Crippen molar-refractivity contribution in [1.82, 2.24) is 19.6 Å². The maximum atomic E-state index is 12.8. The van der Waals surface area contributed by atoms with E-state index >= 15 is 0 Å². The van der Waals surface area contributed by atoms with Gasteiger partial charge in [0, 0.05) is 52.4 Å². The number of benzene rings is 1. The van der Waals surface area contributed by atoms with Crippen LogP contribution in [0.25, 0.3) is 0 Å². The number of rotatable bonds is 6. The predicted octanol–water partition coefficient (Wildman–Crippen LogP) is 1.68. The highest BCUT2D eigenvalue weighted by Crippen LogP contribution is 2.19. The summed E-state index contributed by atoms with van der Waals surface area (Å²) in [7, 11) is 0. The molecule has 3 heterocycles. The Labute approximate surface area is 181 Å². The van der Waals surface area contributed by atoms with E-state index in [-0.39, 0.29) is 0 Å². The molecular formula is C24H38N4O2. The van der Waals surface area contributed by atoms with E-state index in [0.717, 1.165) is 78.0 Å². The zero-order valence-corrected chi connectivity index (χ0v) is 18.6. The van der Waals surface area contributed by atoms with Crippen molar-refractivity contribution in [1.29, 1.82) is 0 Å². The first kappa shape index (κ1) is 21.8. The fourth-order valence-electron chi connectivity index (χ4n) is 4.95. The average Bonchev–Trinajstić information content (AvgIpc) is 2.78. The molecule has 6 nitrogen and oxygen atoms in total. The first-order valence-corrected chi connectivity index (χ1v) is 11.7. The van der Waals surface area contributed by atoms with Crippen molar-refractivity contribution in [3.63, 3.8) is 0 Å². The standard InChI is InChI=1S/C24H38N4O2/c1-21-4-2-3-5-23(21)19-26-10-12-28(13-11-26)24(29)20-25-8-6-22(7-9-25)18-27-14-16-30-17-15-27/h2-5,22H,6-20H2,1H3. The van der Waals surface area contributed by atoms with E-state index in [9.17, 15) is 4.79 Å². The van der Waals surface area contributed by atoms with Gasteiger partial charge < -0.3 is 9.64 Å². The Morgan fingerprint density at radius 1 is 0.900 bits per heavy atom. The van der Waals surface area contributed by atoms with Gasteiger partial charge in [0.05, 0.1) is 19.8 Å². The van der Waals surface area contributed by atoms with E-state index in [1.54, 1.807) is 0 Å². The van der Waals surface area contributed by atoms with Crippen LogP contribution in [-0.2, 0) is 16.1 Å². The molecule has 3 fully saturated rings. The van der Waals surface area contributed by atoms with Crippen LogP contribution < -0.4 is 0 Å². The predicted molar refractivity (Wildman–Crippen MR) is 119 cm³/mol. The number of aryl methyl sites for hydroxylation is 1. The molecule has 0 bridgehead atoms. The van der Waals surface area contributed by atoms with Gasteiger partial charge in [-0.2, -0.15) is 0 Å². The zero-order chi connectivity index (χ0) is 20.8. The molecule has 3 aliphatic heterocycles. The molecule has 3 saturated heterocycles. The molecule has 1 aromatic rings. The molecule has 0 radical (unpaired) electrons. The summed E-state index contributed by atoms with van der Waals surface area (Å²) in [5.74, 6) is 1.09. The van der Waals surface area contributed by atoms with Gasteiger partial charge in [0.25, 0.3) is 0 Å². The van der Waals surface area contributed by atoms with Gasteiger partial charge >= 0.3 is 0 Å². The molecule has 0 aromatic heterocycles. The highest BCUT2D eigenvalue weighted by atomic mass is 16.5. The summed E-state index contributed by atoms with van der Waals surface area (Å²) in [4.78, 5) is 22.3. The lowest BCUT2D eigenvalue weighted by molar-refractivity contribution is -0.134. The van der Waals surface area contributed by atoms with Crippen LogP contribution >= 0.6 is 0 Å². The quantitative estimate of drug-likeness (QED) is 0.708. The minimum Gasteiger partial charge on any atom is -0.379 e. The Kier molecular flexibility index (Phi) is 7.77. The molecule has 0 unspecified atom stereocenters. The maximum absolute atomic E-state index is 12.8. The normalized spacial score (nSPS) is 23.0. The number of carbonyl (C=O) groups is 1. The number of carbonyl (C=O) groups excluding carboxylic acids is 1. The summed E-state index contributed by atoms with van der Waals surface area (Å²) in [5, 5.41) is 0. The number of ether oxygens (including phenoxy) is 1. The van der Waals surface area contributed by atoms with Crippen LogP contribution in [0, 0.1) is 12.8 Å². The summed E-state index contributed by atoms with van der Waals surface area (Å²) in [6, 6.07) is 8.61. The molecule has 0 N–H and O–H groups in total. The number of nitrogens with zero attached hydrogens (tertiary/aromatic N) is 4. The third kappa shape index (κ3) is 6.03. The summed E-state index contributed by atoms with van der Waals surface area (Å²) in [6.45, 7) is 14.7. The van der Waals surface area contributed by atoms with E-state index < -0.39 is 0 Å². The third-order valence-electron chi connectivity index (χ3n) is 7.07. The van der Waals surface area contributed by atoms with Crippen LogP contribution in [0.15, 0.2) is 24.3 Å². The minimum atomic E-state index is 0.317. The smallest absolute Gasteiger partial charge is 0.236 e. The molecule has 0 saturated carbocycles. The number of piperazine rings is 1. The van der Waals surface area contributed by atoms with Gasteiger partial charge in [-0.15, -0.1) is 0 Å². The lowest BCUT2D eigenvalue weighted by Crippen LogP contribution is -2.51. The second kappa shape index (κ2) is 10.7. The van der Waals surface area contributed by atoms with Crippen molar-refractivity contribution in [3.05, 3.63) is 35.4 Å². The van der Waals surface area contributed by atoms with Crippen LogP contribution in [0.3, 0.4) is 0 Å². The maximum Gasteiger partial charge on any atom is 0.236 e. The molecule has 1 amide bonds. The largest absolute Gasteiger partial charge is 0.379 e. The number of hydrogen-bond acceptors (Lipinski definition) is 5. The fraction of sp³-hybridized carbons (Fsp3) is 0.708. The number of amides is 1. The van der Waals surface area contributed by atoms with Crippen LogP contribution in [0.5, 0.6) is 0 Å². The van der Waals surface area contributed by atoms with Crippen LogP contribution in [0.2, 0.25) is 0 Å². The van der Waals surface area contributed by atoms with Crippen LogP contribution in [0.4, 0.5) is 0 Å². The Bertz CT molecular complexity index is 676. The number of hydrogen-bond donors (Lipinski definition) is 0. The second-order valence-corrected chi connectivity index (χ2v) is 9.22. The molecule has 0 atom stereocenters. The van der Waals surface area contributed by atoms with E-state index in [4.69, 9.17) is 4.74 Å². The Morgan fingerprint density at radius 3 is 2.30 bits per heavy atom. The lowest BCUT2D eigenvalue weighted by Gasteiger charge is -2.38. The van der Waals surface area contributed by atoms with Crippen molar-refractivity contribution < 1.29 is 9.53 Å². The zero-order valence-electron chi connectivity index (χ0n) is 18.6. The molecule has 166 valence electrons. The van der Waals surface area contributed by atoms with Gasteiger partial charge in [-0.3, -0.25) is 19.5 Å². The first-order valence-electron chi connectivity index (χ1n) is 11.7. The summed E-state index contributed by atoms with van der Waals surface area (Å²) in [5.41, 5.74) is 2.75. The van der Waals surface area contributed by atoms with Gasteiger partial charge in [-0.25, -0.2) is 0 Å². The Hall–Kier alpha value is -1.47. The fourth-order valence-corrected chi connectivity index (χ4v) is 4.95. The van der Waals surface area contributed by atoms with E-state index in [1.165, 1.54) is 30.5 Å².